The Kier molecular flexibility index (Phi) is 4.12. The smallest absolute Gasteiger partial charge is 0.327 e. The van der Waals surface area contributed by atoms with Gasteiger partial charge in [-0.05, 0) is 49.1 Å². The van der Waals surface area contributed by atoms with Crippen LogP contribution < -0.4 is 10.5 Å². The van der Waals surface area contributed by atoms with Gasteiger partial charge in [0.1, 0.15) is 11.8 Å². The summed E-state index contributed by atoms with van der Waals surface area (Å²) in [5.74, 6) is 0.403. The summed E-state index contributed by atoms with van der Waals surface area (Å²) in [5, 5.41) is 0. The van der Waals surface area contributed by atoms with Crippen molar-refractivity contribution in [2.24, 2.45) is 5.73 Å². The van der Waals surface area contributed by atoms with Crippen LogP contribution in [0.5, 0.6) is 5.75 Å². The van der Waals surface area contributed by atoms with E-state index in [1.165, 1.54) is 7.11 Å². The summed E-state index contributed by atoms with van der Waals surface area (Å²) in [5.41, 5.74) is 9.58. The molecule has 0 spiro atoms. The molecular formula is C13H19NO3. The summed E-state index contributed by atoms with van der Waals surface area (Å²) in [7, 11) is 2.97. The van der Waals surface area contributed by atoms with E-state index in [1.807, 2.05) is 26.8 Å². The molecule has 2 N–H and O–H groups in total. The Labute approximate surface area is 102 Å². The second-order valence-electron chi connectivity index (χ2n) is 4.07. The lowest BCUT2D eigenvalue weighted by Gasteiger charge is -2.18. The predicted octanol–water partition coefficient (Wildman–Crippen LogP) is 1.79. The largest absolute Gasteiger partial charge is 0.496 e. The van der Waals surface area contributed by atoms with Gasteiger partial charge in [-0.15, -0.1) is 0 Å². The Morgan fingerprint density at radius 2 is 1.82 bits per heavy atom. The lowest BCUT2D eigenvalue weighted by molar-refractivity contribution is -0.142. The average molecular weight is 237 g/mol. The van der Waals surface area contributed by atoms with Gasteiger partial charge in [0.2, 0.25) is 0 Å². The first-order valence-electron chi connectivity index (χ1n) is 5.42. The number of aryl methyl sites for hydroxylation is 1. The second kappa shape index (κ2) is 5.19. The zero-order chi connectivity index (χ0) is 13.2. The SMILES string of the molecule is COC(=O)C(N)c1cc(C)c(OC)c(C)c1C. The van der Waals surface area contributed by atoms with Crippen LogP contribution in [-0.4, -0.2) is 20.2 Å². The van der Waals surface area contributed by atoms with E-state index in [0.29, 0.717) is 0 Å². The van der Waals surface area contributed by atoms with Crippen molar-refractivity contribution in [3.8, 4) is 5.75 Å². The molecule has 0 heterocycles. The summed E-state index contributed by atoms with van der Waals surface area (Å²) >= 11 is 0. The molecule has 0 amide bonds. The lowest BCUT2D eigenvalue weighted by Crippen LogP contribution is -2.24. The van der Waals surface area contributed by atoms with E-state index in [0.717, 1.165) is 28.0 Å². The van der Waals surface area contributed by atoms with Gasteiger partial charge in [0, 0.05) is 0 Å². The molecule has 17 heavy (non-hydrogen) atoms. The van der Waals surface area contributed by atoms with Gasteiger partial charge in [-0.2, -0.15) is 0 Å². The molecule has 0 aliphatic heterocycles. The van der Waals surface area contributed by atoms with Gasteiger partial charge in [-0.25, -0.2) is 0 Å². The zero-order valence-corrected chi connectivity index (χ0v) is 11.0. The number of esters is 1. The van der Waals surface area contributed by atoms with Crippen LogP contribution in [0.25, 0.3) is 0 Å². The maximum absolute atomic E-state index is 11.5. The van der Waals surface area contributed by atoms with Gasteiger partial charge >= 0.3 is 5.97 Å². The summed E-state index contributed by atoms with van der Waals surface area (Å²) in [6.45, 7) is 5.81. The Bertz CT molecular complexity index is 441. The molecule has 0 aliphatic rings. The van der Waals surface area contributed by atoms with Crippen molar-refractivity contribution >= 4 is 5.97 Å². The highest BCUT2D eigenvalue weighted by Crippen LogP contribution is 2.31. The highest BCUT2D eigenvalue weighted by molar-refractivity contribution is 5.78. The van der Waals surface area contributed by atoms with Crippen LogP contribution in [-0.2, 0) is 9.53 Å². The predicted molar refractivity (Wildman–Crippen MR) is 66.1 cm³/mol. The maximum Gasteiger partial charge on any atom is 0.327 e. The molecule has 1 atom stereocenters. The molecule has 0 bridgehead atoms. The number of hydrogen-bond acceptors (Lipinski definition) is 4. The number of carbonyl (C=O) groups is 1. The lowest BCUT2D eigenvalue weighted by atomic mass is 9.94. The van der Waals surface area contributed by atoms with Crippen molar-refractivity contribution in [3.63, 3.8) is 0 Å². The number of benzene rings is 1. The molecule has 4 nitrogen and oxygen atoms in total. The summed E-state index contributed by atoms with van der Waals surface area (Å²) in [4.78, 5) is 11.5. The minimum absolute atomic E-state index is 0.433. The van der Waals surface area contributed by atoms with E-state index in [2.05, 4.69) is 4.74 Å². The molecular weight excluding hydrogens is 218 g/mol. The van der Waals surface area contributed by atoms with Gasteiger partial charge in [-0.3, -0.25) is 4.79 Å². The first kappa shape index (κ1) is 13.5. The van der Waals surface area contributed by atoms with Gasteiger partial charge in [0.25, 0.3) is 0 Å². The van der Waals surface area contributed by atoms with Crippen LogP contribution in [0.3, 0.4) is 0 Å². The summed E-state index contributed by atoms with van der Waals surface area (Å²) < 4.78 is 9.98. The van der Waals surface area contributed by atoms with Crippen molar-refractivity contribution < 1.29 is 14.3 Å². The Hall–Kier alpha value is -1.55. The fraction of sp³-hybridized carbons (Fsp3) is 0.462. The normalized spacial score (nSPS) is 12.1. The number of methoxy groups -OCH3 is 2. The molecule has 0 aliphatic carbocycles. The molecule has 94 valence electrons. The molecule has 1 rings (SSSR count). The Morgan fingerprint density at radius 1 is 1.24 bits per heavy atom. The van der Waals surface area contributed by atoms with E-state index in [4.69, 9.17) is 10.5 Å². The van der Waals surface area contributed by atoms with Gasteiger partial charge in [0.05, 0.1) is 14.2 Å². The molecule has 0 radical (unpaired) electrons. The third kappa shape index (κ3) is 2.42. The monoisotopic (exact) mass is 237 g/mol. The van der Waals surface area contributed by atoms with Gasteiger partial charge < -0.3 is 15.2 Å². The number of carbonyl (C=O) groups excluding carboxylic acids is 1. The van der Waals surface area contributed by atoms with Crippen molar-refractivity contribution in [2.45, 2.75) is 26.8 Å². The van der Waals surface area contributed by atoms with E-state index in [1.54, 1.807) is 7.11 Å². The number of ether oxygens (including phenoxy) is 2. The highest BCUT2D eigenvalue weighted by Gasteiger charge is 2.21. The number of hydrogen-bond donors (Lipinski definition) is 1. The minimum atomic E-state index is -0.747. The van der Waals surface area contributed by atoms with Gasteiger partial charge in [0.15, 0.2) is 0 Å². The second-order valence-corrected chi connectivity index (χ2v) is 4.07. The molecule has 0 saturated heterocycles. The first-order chi connectivity index (χ1) is 7.93. The topological polar surface area (TPSA) is 61.5 Å². The third-order valence-electron chi connectivity index (χ3n) is 3.06. The Morgan fingerprint density at radius 3 is 2.29 bits per heavy atom. The number of nitrogens with two attached hydrogens (primary N) is 1. The van der Waals surface area contributed by atoms with Crippen molar-refractivity contribution in [3.05, 3.63) is 28.3 Å². The van der Waals surface area contributed by atoms with Crippen LogP contribution in [0.2, 0.25) is 0 Å². The van der Waals surface area contributed by atoms with Crippen molar-refractivity contribution in [1.29, 1.82) is 0 Å². The van der Waals surface area contributed by atoms with Gasteiger partial charge in [-0.1, -0.05) is 0 Å². The van der Waals surface area contributed by atoms with Crippen LogP contribution >= 0.6 is 0 Å². The van der Waals surface area contributed by atoms with Crippen molar-refractivity contribution in [1.82, 2.24) is 0 Å². The minimum Gasteiger partial charge on any atom is -0.496 e. The third-order valence-corrected chi connectivity index (χ3v) is 3.06. The van der Waals surface area contributed by atoms with Crippen LogP contribution in [0.15, 0.2) is 6.07 Å². The van der Waals surface area contributed by atoms with E-state index in [9.17, 15) is 4.79 Å². The molecule has 1 aromatic rings. The molecule has 0 aromatic heterocycles. The standard InChI is InChI=1S/C13H19NO3/c1-7-6-10(11(14)13(15)17-5)8(2)9(3)12(7)16-4/h6,11H,14H2,1-5H3. The Balaban J connectivity index is 3.32. The fourth-order valence-corrected chi connectivity index (χ4v) is 1.98. The zero-order valence-electron chi connectivity index (χ0n) is 11.0. The number of rotatable bonds is 3. The quantitative estimate of drug-likeness (QED) is 0.814. The van der Waals surface area contributed by atoms with Crippen LogP contribution in [0.1, 0.15) is 28.3 Å². The fourth-order valence-electron chi connectivity index (χ4n) is 1.98. The van der Waals surface area contributed by atoms with E-state index >= 15 is 0 Å². The van der Waals surface area contributed by atoms with E-state index < -0.39 is 12.0 Å². The van der Waals surface area contributed by atoms with E-state index in [-0.39, 0.29) is 0 Å². The molecule has 1 aromatic carbocycles. The van der Waals surface area contributed by atoms with Crippen LogP contribution in [0, 0.1) is 20.8 Å². The summed E-state index contributed by atoms with van der Waals surface area (Å²) in [6, 6.07) is 1.13. The molecule has 4 heteroatoms. The van der Waals surface area contributed by atoms with Crippen molar-refractivity contribution in [2.75, 3.05) is 14.2 Å². The average Bonchev–Trinajstić information content (AvgIpc) is 2.32. The molecule has 1 unspecified atom stereocenters. The first-order valence-corrected chi connectivity index (χ1v) is 5.42. The molecule has 0 saturated carbocycles. The maximum atomic E-state index is 11.5. The molecule has 0 fully saturated rings. The summed E-state index contributed by atoms with van der Waals surface area (Å²) in [6.07, 6.45) is 0. The highest BCUT2D eigenvalue weighted by atomic mass is 16.5. The van der Waals surface area contributed by atoms with Crippen LogP contribution in [0.4, 0.5) is 0 Å².